The summed E-state index contributed by atoms with van der Waals surface area (Å²) in [4.78, 5) is 8.50. The summed E-state index contributed by atoms with van der Waals surface area (Å²) in [5.41, 5.74) is 2.52. The third kappa shape index (κ3) is 4.97. The molecule has 96 valence electrons. The third-order valence-electron chi connectivity index (χ3n) is 2.22. The average Bonchev–Trinajstić information content (AvgIpc) is 2.28. The van der Waals surface area contributed by atoms with Gasteiger partial charge in [-0.15, -0.1) is 0 Å². The van der Waals surface area contributed by atoms with Crippen molar-refractivity contribution in [1.29, 1.82) is 0 Å². The second kappa shape index (κ2) is 7.03. The molecule has 1 rings (SSSR count). The standard InChI is InChI=1S/C11H21N5O/c1-8(2)4-5-13-9-6-10(16-12)15-11(14-9)7-17-3/h6,8H,4-5,7,12H2,1-3H3,(H2,13,14,15,16). The Morgan fingerprint density at radius 3 is 2.65 bits per heavy atom. The van der Waals surface area contributed by atoms with Crippen LogP contribution in [0.3, 0.4) is 0 Å². The maximum Gasteiger partial charge on any atom is 0.158 e. The lowest BCUT2D eigenvalue weighted by molar-refractivity contribution is 0.178. The number of anilines is 2. The molecule has 0 saturated carbocycles. The quantitative estimate of drug-likeness (QED) is 0.492. The highest BCUT2D eigenvalue weighted by Crippen LogP contribution is 2.11. The molecule has 1 heterocycles. The average molecular weight is 239 g/mol. The van der Waals surface area contributed by atoms with Gasteiger partial charge in [0.05, 0.1) is 0 Å². The second-order valence-electron chi connectivity index (χ2n) is 4.24. The highest BCUT2D eigenvalue weighted by molar-refractivity contribution is 5.46. The van der Waals surface area contributed by atoms with Crippen LogP contribution in [0, 0.1) is 5.92 Å². The van der Waals surface area contributed by atoms with Crippen LogP contribution in [-0.2, 0) is 11.3 Å². The van der Waals surface area contributed by atoms with Gasteiger partial charge in [0.25, 0.3) is 0 Å². The fraction of sp³-hybridized carbons (Fsp3) is 0.636. The van der Waals surface area contributed by atoms with E-state index in [9.17, 15) is 0 Å². The van der Waals surface area contributed by atoms with Gasteiger partial charge < -0.3 is 15.5 Å². The van der Waals surface area contributed by atoms with Crippen LogP contribution >= 0.6 is 0 Å². The van der Waals surface area contributed by atoms with E-state index >= 15 is 0 Å². The fourth-order valence-corrected chi connectivity index (χ4v) is 1.34. The first-order valence-corrected chi connectivity index (χ1v) is 5.73. The molecule has 0 spiro atoms. The predicted molar refractivity (Wildman–Crippen MR) is 68.5 cm³/mol. The molecule has 0 bridgehead atoms. The van der Waals surface area contributed by atoms with E-state index in [0.29, 0.717) is 24.2 Å². The van der Waals surface area contributed by atoms with Gasteiger partial charge in [0.2, 0.25) is 0 Å². The normalized spacial score (nSPS) is 10.6. The summed E-state index contributed by atoms with van der Waals surface area (Å²) in [6.07, 6.45) is 1.09. The molecule has 1 aromatic rings. The molecule has 0 unspecified atom stereocenters. The van der Waals surface area contributed by atoms with Crippen LogP contribution in [0.4, 0.5) is 11.6 Å². The summed E-state index contributed by atoms with van der Waals surface area (Å²) >= 11 is 0. The zero-order valence-electron chi connectivity index (χ0n) is 10.7. The first-order chi connectivity index (χ1) is 8.15. The van der Waals surface area contributed by atoms with Crippen LogP contribution in [0.25, 0.3) is 0 Å². The summed E-state index contributed by atoms with van der Waals surface area (Å²) < 4.78 is 5.00. The lowest BCUT2D eigenvalue weighted by Gasteiger charge is -2.10. The molecule has 0 aliphatic carbocycles. The predicted octanol–water partition coefficient (Wildman–Crippen LogP) is 1.37. The Kier molecular flexibility index (Phi) is 5.65. The van der Waals surface area contributed by atoms with Crippen LogP contribution in [0.2, 0.25) is 0 Å². The molecule has 6 nitrogen and oxygen atoms in total. The lowest BCUT2D eigenvalue weighted by Crippen LogP contribution is -2.13. The van der Waals surface area contributed by atoms with Crippen molar-refractivity contribution in [2.45, 2.75) is 26.9 Å². The van der Waals surface area contributed by atoms with Crippen molar-refractivity contribution in [3.63, 3.8) is 0 Å². The Balaban J connectivity index is 2.66. The van der Waals surface area contributed by atoms with Gasteiger partial charge in [0.15, 0.2) is 5.82 Å². The van der Waals surface area contributed by atoms with Gasteiger partial charge in [-0.05, 0) is 12.3 Å². The molecule has 4 N–H and O–H groups in total. The maximum absolute atomic E-state index is 5.35. The van der Waals surface area contributed by atoms with Crippen molar-refractivity contribution in [2.24, 2.45) is 11.8 Å². The summed E-state index contributed by atoms with van der Waals surface area (Å²) in [7, 11) is 1.61. The summed E-state index contributed by atoms with van der Waals surface area (Å²) in [6, 6.07) is 1.78. The van der Waals surface area contributed by atoms with E-state index in [4.69, 9.17) is 10.6 Å². The zero-order valence-corrected chi connectivity index (χ0v) is 10.7. The van der Waals surface area contributed by atoms with Gasteiger partial charge in [0, 0.05) is 19.7 Å². The van der Waals surface area contributed by atoms with Gasteiger partial charge in [-0.1, -0.05) is 13.8 Å². The Morgan fingerprint density at radius 2 is 2.06 bits per heavy atom. The van der Waals surface area contributed by atoms with Crippen LogP contribution < -0.4 is 16.6 Å². The van der Waals surface area contributed by atoms with E-state index in [1.54, 1.807) is 13.2 Å². The van der Waals surface area contributed by atoms with Gasteiger partial charge in [-0.3, -0.25) is 0 Å². The number of hydrogen-bond donors (Lipinski definition) is 3. The number of hydrazine groups is 1. The third-order valence-corrected chi connectivity index (χ3v) is 2.22. The molecular formula is C11H21N5O. The van der Waals surface area contributed by atoms with E-state index < -0.39 is 0 Å². The molecule has 0 aromatic carbocycles. The van der Waals surface area contributed by atoms with E-state index in [2.05, 4.69) is 34.6 Å². The largest absolute Gasteiger partial charge is 0.377 e. The summed E-state index contributed by atoms with van der Waals surface area (Å²) in [5.74, 6) is 7.97. The number of ether oxygens (including phenoxy) is 1. The number of rotatable bonds is 7. The number of methoxy groups -OCH3 is 1. The van der Waals surface area contributed by atoms with Crippen LogP contribution in [0.5, 0.6) is 0 Å². The van der Waals surface area contributed by atoms with Crippen molar-refractivity contribution < 1.29 is 4.74 Å². The molecule has 0 saturated heterocycles. The first kappa shape index (κ1) is 13.7. The highest BCUT2D eigenvalue weighted by atomic mass is 16.5. The van der Waals surface area contributed by atoms with Crippen LogP contribution in [-0.4, -0.2) is 23.6 Å². The molecule has 1 aromatic heterocycles. The molecule has 6 heteroatoms. The van der Waals surface area contributed by atoms with Gasteiger partial charge in [-0.25, -0.2) is 15.8 Å². The number of hydrogen-bond acceptors (Lipinski definition) is 6. The highest BCUT2D eigenvalue weighted by Gasteiger charge is 2.03. The van der Waals surface area contributed by atoms with E-state index in [1.165, 1.54) is 0 Å². The molecule has 0 atom stereocenters. The zero-order chi connectivity index (χ0) is 12.7. The van der Waals surface area contributed by atoms with Gasteiger partial charge >= 0.3 is 0 Å². The SMILES string of the molecule is COCc1nc(NN)cc(NCCC(C)C)n1. The van der Waals surface area contributed by atoms with Crippen molar-refractivity contribution in [2.75, 3.05) is 24.4 Å². The molecule has 0 amide bonds. The number of nitrogens with one attached hydrogen (secondary N) is 2. The number of nitrogens with zero attached hydrogens (tertiary/aromatic N) is 2. The Bertz CT molecular complexity index is 343. The molecule has 0 radical (unpaired) electrons. The Hall–Kier alpha value is -1.40. The van der Waals surface area contributed by atoms with Crippen molar-refractivity contribution in [3.8, 4) is 0 Å². The van der Waals surface area contributed by atoms with Crippen molar-refractivity contribution in [3.05, 3.63) is 11.9 Å². The van der Waals surface area contributed by atoms with Crippen LogP contribution in [0.15, 0.2) is 6.07 Å². The van der Waals surface area contributed by atoms with Crippen LogP contribution in [0.1, 0.15) is 26.1 Å². The molecular weight excluding hydrogens is 218 g/mol. The number of aromatic nitrogens is 2. The topological polar surface area (TPSA) is 85.1 Å². The van der Waals surface area contributed by atoms with Crippen molar-refractivity contribution in [1.82, 2.24) is 9.97 Å². The number of nitrogens with two attached hydrogens (primary N) is 1. The fourth-order valence-electron chi connectivity index (χ4n) is 1.34. The molecule has 0 fully saturated rings. The molecule has 17 heavy (non-hydrogen) atoms. The Labute approximate surface area is 102 Å². The number of nitrogen functional groups attached to an aromatic ring is 1. The van der Waals surface area contributed by atoms with Crippen molar-refractivity contribution >= 4 is 11.6 Å². The van der Waals surface area contributed by atoms with E-state index in [-0.39, 0.29) is 0 Å². The molecule has 0 aliphatic heterocycles. The van der Waals surface area contributed by atoms with E-state index in [1.807, 2.05) is 0 Å². The maximum atomic E-state index is 5.35. The van der Waals surface area contributed by atoms with Gasteiger partial charge in [0.1, 0.15) is 18.2 Å². The summed E-state index contributed by atoms with van der Waals surface area (Å²) in [6.45, 7) is 5.62. The monoisotopic (exact) mass is 239 g/mol. The molecule has 0 aliphatic rings. The minimum absolute atomic E-state index is 0.369. The summed E-state index contributed by atoms with van der Waals surface area (Å²) in [5, 5.41) is 3.25. The lowest BCUT2D eigenvalue weighted by atomic mass is 10.1. The first-order valence-electron chi connectivity index (χ1n) is 5.73. The van der Waals surface area contributed by atoms with Gasteiger partial charge in [-0.2, -0.15) is 0 Å². The second-order valence-corrected chi connectivity index (χ2v) is 4.24. The minimum Gasteiger partial charge on any atom is -0.377 e. The smallest absolute Gasteiger partial charge is 0.158 e. The van der Waals surface area contributed by atoms with E-state index in [0.717, 1.165) is 18.8 Å². The Morgan fingerprint density at radius 1 is 1.35 bits per heavy atom. The minimum atomic E-state index is 0.369.